The molecule has 2 N–H and O–H groups in total. The zero-order valence-corrected chi connectivity index (χ0v) is 19.3. The lowest BCUT2D eigenvalue weighted by Gasteiger charge is -2.26. The van der Waals surface area contributed by atoms with Gasteiger partial charge in [0.1, 0.15) is 0 Å². The highest BCUT2D eigenvalue weighted by Gasteiger charge is 2.42. The number of allylic oxidation sites excluding steroid dienone is 5. The van der Waals surface area contributed by atoms with Gasteiger partial charge < -0.3 is 15.0 Å². The molecule has 4 aliphatic heterocycles. The zero-order valence-electron chi connectivity index (χ0n) is 17.7. The summed E-state index contributed by atoms with van der Waals surface area (Å²) in [6, 6.07) is 4.02. The standard InChI is InChI=1S/C25H23BrN4O2/c1-2-3-12-32-24(31)25-11-10-22(30-25)23(26)21-9-8-19(29-21)14-17-5-4-16(27-17)13-18-6-7-20(15-25)28-18/h4-10,13-15,27,30H,2-3,11-12H2,1H3. The van der Waals surface area contributed by atoms with Crippen LogP contribution in [-0.2, 0) is 9.53 Å². The monoisotopic (exact) mass is 490 g/mol. The quantitative estimate of drug-likeness (QED) is 0.502. The van der Waals surface area contributed by atoms with Crippen molar-refractivity contribution in [3.63, 3.8) is 0 Å². The van der Waals surface area contributed by atoms with Crippen molar-refractivity contribution in [1.29, 1.82) is 0 Å². The van der Waals surface area contributed by atoms with Crippen LogP contribution in [0.3, 0.4) is 0 Å². The molecule has 0 spiro atoms. The number of ether oxygens (including phenoxy) is 1. The molecule has 1 atom stereocenters. The molecule has 0 aromatic carbocycles. The molecular formula is C25H23BrN4O2. The summed E-state index contributed by atoms with van der Waals surface area (Å²) in [4.78, 5) is 26.0. The highest BCUT2D eigenvalue weighted by molar-refractivity contribution is 9.12. The van der Waals surface area contributed by atoms with Gasteiger partial charge >= 0.3 is 5.97 Å². The molecule has 5 rings (SSSR count). The summed E-state index contributed by atoms with van der Waals surface area (Å²) in [6.07, 6.45) is 17.9. The van der Waals surface area contributed by atoms with Gasteiger partial charge in [0.05, 0.1) is 33.9 Å². The highest BCUT2D eigenvalue weighted by Crippen LogP contribution is 2.34. The topological polar surface area (TPSA) is 78.8 Å². The Bertz CT molecular complexity index is 1320. The number of carbonyl (C=O) groups excluding carboxylic acids is 1. The number of fused-ring (bicyclic) bond motifs is 6. The molecule has 1 aromatic rings. The van der Waals surface area contributed by atoms with E-state index in [0.29, 0.717) is 13.0 Å². The Morgan fingerprint density at radius 1 is 1.12 bits per heavy atom. The van der Waals surface area contributed by atoms with Crippen molar-refractivity contribution in [1.82, 2.24) is 10.3 Å². The number of rotatable bonds is 4. The zero-order chi connectivity index (χ0) is 22.1. The minimum atomic E-state index is -1.01. The maximum absolute atomic E-state index is 13.2. The fourth-order valence-corrected chi connectivity index (χ4v) is 4.40. The molecule has 162 valence electrons. The molecular weight excluding hydrogens is 468 g/mol. The number of nitrogens with one attached hydrogen (secondary N) is 2. The summed E-state index contributed by atoms with van der Waals surface area (Å²) in [7, 11) is 0. The number of aliphatic imine (C=N–C) groups is 2. The third kappa shape index (κ3) is 4.00. The molecule has 0 saturated heterocycles. The van der Waals surface area contributed by atoms with Crippen molar-refractivity contribution in [2.45, 2.75) is 31.7 Å². The Labute approximate surface area is 194 Å². The number of unbranched alkanes of at least 4 members (excludes halogenated alkanes) is 1. The number of H-pyrrole nitrogens is 1. The minimum Gasteiger partial charge on any atom is -0.464 e. The summed E-state index contributed by atoms with van der Waals surface area (Å²) >= 11 is 3.68. The summed E-state index contributed by atoms with van der Waals surface area (Å²) in [6.45, 7) is 2.47. The van der Waals surface area contributed by atoms with Gasteiger partial charge in [-0.1, -0.05) is 19.4 Å². The molecule has 0 radical (unpaired) electrons. The van der Waals surface area contributed by atoms with Crippen molar-refractivity contribution in [2.75, 3.05) is 6.61 Å². The van der Waals surface area contributed by atoms with Crippen LogP contribution in [0, 0.1) is 0 Å². The molecule has 0 fully saturated rings. The second-order valence-electron chi connectivity index (χ2n) is 8.07. The Morgan fingerprint density at radius 2 is 1.88 bits per heavy atom. The molecule has 6 nitrogen and oxygen atoms in total. The van der Waals surface area contributed by atoms with Crippen LogP contribution >= 0.6 is 15.9 Å². The van der Waals surface area contributed by atoms with E-state index in [1.807, 2.05) is 60.7 Å². The van der Waals surface area contributed by atoms with Gasteiger partial charge in [-0.3, -0.25) is 0 Å². The number of hydrogen-bond acceptors (Lipinski definition) is 5. The van der Waals surface area contributed by atoms with E-state index in [1.165, 1.54) is 0 Å². The van der Waals surface area contributed by atoms with Crippen LogP contribution in [0.5, 0.6) is 0 Å². The number of aromatic nitrogens is 1. The van der Waals surface area contributed by atoms with Crippen LogP contribution < -0.4 is 16.0 Å². The lowest BCUT2D eigenvalue weighted by atomic mass is 9.96. The van der Waals surface area contributed by atoms with Gasteiger partial charge in [-0.15, -0.1) is 0 Å². The Hall–Kier alpha value is -3.19. The lowest BCUT2D eigenvalue weighted by molar-refractivity contribution is -0.149. The van der Waals surface area contributed by atoms with Gasteiger partial charge in [0.2, 0.25) is 0 Å². The average Bonchev–Trinajstić information content (AvgIpc) is 3.57. The predicted octanol–water partition coefficient (Wildman–Crippen LogP) is 3.06. The van der Waals surface area contributed by atoms with Gasteiger partial charge in [-0.25, -0.2) is 14.8 Å². The molecule has 5 heterocycles. The van der Waals surface area contributed by atoms with E-state index in [9.17, 15) is 4.79 Å². The Morgan fingerprint density at radius 3 is 2.66 bits per heavy atom. The largest absolute Gasteiger partial charge is 0.464 e. The average molecular weight is 491 g/mol. The van der Waals surface area contributed by atoms with Crippen LogP contribution in [0.25, 0.3) is 12.2 Å². The van der Waals surface area contributed by atoms with E-state index in [4.69, 9.17) is 14.7 Å². The molecule has 32 heavy (non-hydrogen) atoms. The number of hydrogen-bond donors (Lipinski definition) is 2. The van der Waals surface area contributed by atoms with E-state index < -0.39 is 5.54 Å². The summed E-state index contributed by atoms with van der Waals surface area (Å²) in [5.41, 5.74) is 2.98. The maximum atomic E-state index is 13.2. The lowest BCUT2D eigenvalue weighted by Crippen LogP contribution is -2.48. The summed E-state index contributed by atoms with van der Waals surface area (Å²) < 4.78 is 6.43. The van der Waals surface area contributed by atoms with Crippen molar-refractivity contribution in [3.8, 4) is 0 Å². The first-order valence-electron chi connectivity index (χ1n) is 10.8. The van der Waals surface area contributed by atoms with Crippen LogP contribution in [-0.4, -0.2) is 34.5 Å². The fraction of sp³-hybridized carbons (Fsp3) is 0.240. The first kappa shape index (κ1) is 20.7. The van der Waals surface area contributed by atoms with Crippen LogP contribution in [0.1, 0.15) is 26.2 Å². The molecule has 1 unspecified atom stereocenters. The molecule has 0 amide bonds. The maximum Gasteiger partial charge on any atom is 0.336 e. The molecule has 7 heteroatoms. The molecule has 8 bridgehead atoms. The van der Waals surface area contributed by atoms with E-state index >= 15 is 0 Å². The van der Waals surface area contributed by atoms with Gasteiger partial charge in [-0.05, 0) is 77.0 Å². The normalized spacial score (nSPS) is 23.1. The highest BCUT2D eigenvalue weighted by atomic mass is 79.9. The molecule has 0 saturated carbocycles. The second-order valence-corrected chi connectivity index (χ2v) is 8.87. The third-order valence-corrected chi connectivity index (χ3v) is 6.45. The van der Waals surface area contributed by atoms with Crippen LogP contribution in [0.15, 0.2) is 80.1 Å². The van der Waals surface area contributed by atoms with E-state index in [1.54, 1.807) is 0 Å². The van der Waals surface area contributed by atoms with Gasteiger partial charge in [0, 0.05) is 22.8 Å². The number of carbonyl (C=O) groups is 1. The van der Waals surface area contributed by atoms with Crippen LogP contribution in [0.4, 0.5) is 0 Å². The van der Waals surface area contributed by atoms with Gasteiger partial charge in [-0.2, -0.15) is 0 Å². The Balaban J connectivity index is 1.61. The van der Waals surface area contributed by atoms with E-state index in [2.05, 4.69) is 33.2 Å². The number of nitrogens with zero attached hydrogens (tertiary/aromatic N) is 2. The number of esters is 1. The van der Waals surface area contributed by atoms with Crippen LogP contribution in [0.2, 0.25) is 0 Å². The fourth-order valence-electron chi connectivity index (χ4n) is 3.92. The van der Waals surface area contributed by atoms with Crippen molar-refractivity contribution in [3.05, 3.63) is 80.9 Å². The van der Waals surface area contributed by atoms with Gasteiger partial charge in [0.25, 0.3) is 0 Å². The van der Waals surface area contributed by atoms with E-state index in [0.717, 1.165) is 56.5 Å². The second kappa shape index (κ2) is 8.39. The third-order valence-electron chi connectivity index (χ3n) is 5.62. The summed E-state index contributed by atoms with van der Waals surface area (Å²) in [5, 5.41) is 5.32. The van der Waals surface area contributed by atoms with Gasteiger partial charge in [0.15, 0.2) is 5.54 Å². The number of aromatic amines is 1. The molecule has 4 aliphatic rings. The van der Waals surface area contributed by atoms with E-state index in [-0.39, 0.29) is 5.97 Å². The summed E-state index contributed by atoms with van der Waals surface area (Å²) in [5.74, 6) is -0.300. The molecule has 1 aromatic heterocycles. The molecule has 0 aliphatic carbocycles. The minimum absolute atomic E-state index is 0.300. The number of halogens is 1. The van der Waals surface area contributed by atoms with Crippen molar-refractivity contribution in [2.24, 2.45) is 9.98 Å². The Kier molecular flexibility index (Phi) is 5.43. The SMILES string of the molecule is CCCCOC(=O)C12C=C3C=CC(=N3)C=c3ccc([nH]3)=CC3=NC(=C(Br)C(=CC1)N2)C=C3. The van der Waals surface area contributed by atoms with Crippen molar-refractivity contribution >= 4 is 45.5 Å². The smallest absolute Gasteiger partial charge is 0.336 e. The predicted molar refractivity (Wildman–Crippen MR) is 131 cm³/mol. The first-order valence-corrected chi connectivity index (χ1v) is 11.5. The van der Waals surface area contributed by atoms with Crippen molar-refractivity contribution < 1.29 is 9.53 Å². The first-order chi connectivity index (χ1) is 15.5.